The standard InChI is InChI=1S/C25H28N4O2/c1-28(2)23-11-17-14-29(15-18(17)12-24(23)30)25(31)20-13-22(16-7-9-26-10-8-16)27-21-6-4-3-5-19(20)21/h3-10,13,17-18,23-24,30H,11-12,14-15H2,1-2H3/t17-,18+,23-,24-/m1/s1. The summed E-state index contributed by atoms with van der Waals surface area (Å²) in [6, 6.07) is 13.7. The molecule has 1 aliphatic carbocycles. The summed E-state index contributed by atoms with van der Waals surface area (Å²) in [5, 5.41) is 11.5. The molecule has 31 heavy (non-hydrogen) atoms. The van der Waals surface area contributed by atoms with Crippen LogP contribution < -0.4 is 0 Å². The zero-order valence-electron chi connectivity index (χ0n) is 18.0. The van der Waals surface area contributed by atoms with Gasteiger partial charge in [-0.05, 0) is 63.0 Å². The number of likely N-dealkylation sites (tertiary alicyclic amines) is 1. The normalized spacial score (nSPS) is 25.7. The molecule has 0 bridgehead atoms. The van der Waals surface area contributed by atoms with E-state index in [1.54, 1.807) is 12.4 Å². The Balaban J connectivity index is 1.48. The van der Waals surface area contributed by atoms with Crippen LogP contribution in [0.5, 0.6) is 0 Å². The minimum absolute atomic E-state index is 0.0548. The second-order valence-corrected chi connectivity index (χ2v) is 9.11. The van der Waals surface area contributed by atoms with Gasteiger partial charge in [0.15, 0.2) is 0 Å². The molecule has 0 radical (unpaired) electrons. The van der Waals surface area contributed by atoms with E-state index in [-0.39, 0.29) is 18.1 Å². The summed E-state index contributed by atoms with van der Waals surface area (Å²) in [5.74, 6) is 0.856. The molecule has 5 rings (SSSR count). The third-order valence-corrected chi connectivity index (χ3v) is 6.98. The lowest BCUT2D eigenvalue weighted by Gasteiger charge is -2.38. The minimum Gasteiger partial charge on any atom is -0.391 e. The molecule has 3 aromatic rings. The fourth-order valence-electron chi connectivity index (χ4n) is 5.32. The molecule has 160 valence electrons. The Hall–Kier alpha value is -2.83. The van der Waals surface area contributed by atoms with E-state index in [2.05, 4.69) is 9.88 Å². The molecule has 1 amide bonds. The van der Waals surface area contributed by atoms with Gasteiger partial charge in [-0.15, -0.1) is 0 Å². The summed E-state index contributed by atoms with van der Waals surface area (Å²) >= 11 is 0. The van der Waals surface area contributed by atoms with Crippen molar-refractivity contribution in [1.82, 2.24) is 19.8 Å². The van der Waals surface area contributed by atoms with Crippen molar-refractivity contribution in [3.8, 4) is 11.3 Å². The maximum atomic E-state index is 13.7. The number of carbonyl (C=O) groups is 1. The van der Waals surface area contributed by atoms with Gasteiger partial charge < -0.3 is 14.9 Å². The van der Waals surface area contributed by atoms with Crippen LogP contribution in [-0.4, -0.2) is 70.1 Å². The lowest BCUT2D eigenvalue weighted by molar-refractivity contribution is 0.00940. The van der Waals surface area contributed by atoms with Gasteiger partial charge in [-0.2, -0.15) is 0 Å². The van der Waals surface area contributed by atoms with Crippen LogP contribution in [0.15, 0.2) is 54.9 Å². The average Bonchev–Trinajstić information content (AvgIpc) is 3.20. The number of rotatable bonds is 3. The first-order chi connectivity index (χ1) is 15.0. The number of aliphatic hydroxyl groups excluding tert-OH is 1. The van der Waals surface area contributed by atoms with Crippen LogP contribution >= 0.6 is 0 Å². The van der Waals surface area contributed by atoms with Gasteiger partial charge in [-0.3, -0.25) is 9.78 Å². The van der Waals surface area contributed by atoms with Crippen LogP contribution in [0.25, 0.3) is 22.2 Å². The number of aliphatic hydroxyl groups is 1. The largest absolute Gasteiger partial charge is 0.391 e. The fraction of sp³-hybridized carbons (Fsp3) is 0.400. The molecule has 0 spiro atoms. The molecule has 0 unspecified atom stereocenters. The molecule has 4 atom stereocenters. The highest BCUT2D eigenvalue weighted by Gasteiger charge is 2.43. The number of likely N-dealkylation sites (N-methyl/N-ethyl adjacent to an activating group) is 1. The number of aromatic nitrogens is 2. The molecule has 1 aliphatic heterocycles. The number of hydrogen-bond acceptors (Lipinski definition) is 5. The van der Waals surface area contributed by atoms with E-state index in [0.29, 0.717) is 23.9 Å². The van der Waals surface area contributed by atoms with Gasteiger partial charge in [0.2, 0.25) is 0 Å². The minimum atomic E-state index is -0.327. The number of carbonyl (C=O) groups excluding carboxylic acids is 1. The fourth-order valence-corrected chi connectivity index (χ4v) is 5.32. The van der Waals surface area contributed by atoms with Crippen molar-refractivity contribution in [3.05, 3.63) is 60.4 Å². The van der Waals surface area contributed by atoms with Gasteiger partial charge >= 0.3 is 0 Å². The lowest BCUT2D eigenvalue weighted by atomic mass is 9.77. The summed E-state index contributed by atoms with van der Waals surface area (Å²) in [7, 11) is 4.05. The van der Waals surface area contributed by atoms with E-state index in [1.165, 1.54) is 0 Å². The highest BCUT2D eigenvalue weighted by atomic mass is 16.3. The molecule has 2 aliphatic rings. The summed E-state index contributed by atoms with van der Waals surface area (Å²) in [4.78, 5) is 26.7. The van der Waals surface area contributed by atoms with Crippen LogP contribution in [-0.2, 0) is 0 Å². The number of fused-ring (bicyclic) bond motifs is 2. The monoisotopic (exact) mass is 416 g/mol. The summed E-state index contributed by atoms with van der Waals surface area (Å²) in [5.41, 5.74) is 3.24. The molecule has 1 aromatic carbocycles. The van der Waals surface area contributed by atoms with Gasteiger partial charge in [-0.1, -0.05) is 18.2 Å². The Morgan fingerprint density at radius 1 is 1.06 bits per heavy atom. The van der Waals surface area contributed by atoms with E-state index in [4.69, 9.17) is 4.98 Å². The molecule has 6 nitrogen and oxygen atoms in total. The second kappa shape index (κ2) is 8.02. The quantitative estimate of drug-likeness (QED) is 0.711. The SMILES string of the molecule is CN(C)[C@@H]1C[C@@H]2CN(C(=O)c3cc(-c4ccncc4)nc4ccccc34)C[C@@H]2C[C@H]1O. The molecule has 6 heteroatoms. The number of pyridine rings is 2. The Kier molecular flexibility index (Phi) is 5.20. The van der Waals surface area contributed by atoms with Crippen molar-refractivity contribution in [2.24, 2.45) is 11.8 Å². The number of benzene rings is 1. The number of nitrogens with zero attached hydrogens (tertiary/aromatic N) is 4. The molecule has 2 fully saturated rings. The number of amides is 1. The van der Waals surface area contributed by atoms with Crippen LogP contribution in [0, 0.1) is 11.8 Å². The van der Waals surface area contributed by atoms with Gasteiger partial charge in [0.05, 0.1) is 22.9 Å². The van der Waals surface area contributed by atoms with Crippen molar-refractivity contribution in [1.29, 1.82) is 0 Å². The maximum Gasteiger partial charge on any atom is 0.254 e. The van der Waals surface area contributed by atoms with E-state index in [1.807, 2.05) is 61.5 Å². The summed E-state index contributed by atoms with van der Waals surface area (Å²) in [6.07, 6.45) is 4.85. The maximum absolute atomic E-state index is 13.7. The van der Waals surface area contributed by atoms with E-state index in [9.17, 15) is 9.90 Å². The predicted octanol–water partition coefficient (Wildman–Crippen LogP) is 3.07. The number of para-hydroxylation sites is 1. The van der Waals surface area contributed by atoms with Gasteiger partial charge in [-0.25, -0.2) is 4.98 Å². The van der Waals surface area contributed by atoms with Crippen LogP contribution in [0.4, 0.5) is 0 Å². The van der Waals surface area contributed by atoms with E-state index < -0.39 is 0 Å². The topological polar surface area (TPSA) is 69.6 Å². The van der Waals surface area contributed by atoms with Crippen LogP contribution in [0.1, 0.15) is 23.2 Å². The van der Waals surface area contributed by atoms with Gasteiger partial charge in [0.25, 0.3) is 5.91 Å². The molecule has 1 saturated heterocycles. The average molecular weight is 417 g/mol. The van der Waals surface area contributed by atoms with Crippen LogP contribution in [0.3, 0.4) is 0 Å². The smallest absolute Gasteiger partial charge is 0.254 e. The molecular weight excluding hydrogens is 388 g/mol. The molecule has 1 saturated carbocycles. The zero-order chi connectivity index (χ0) is 21.5. The van der Waals surface area contributed by atoms with E-state index >= 15 is 0 Å². The first-order valence-corrected chi connectivity index (χ1v) is 10.9. The Morgan fingerprint density at radius 3 is 2.52 bits per heavy atom. The van der Waals surface area contributed by atoms with E-state index in [0.717, 1.165) is 41.5 Å². The first-order valence-electron chi connectivity index (χ1n) is 10.9. The van der Waals surface area contributed by atoms with Crippen LogP contribution in [0.2, 0.25) is 0 Å². The lowest BCUT2D eigenvalue weighted by Crippen LogP contribution is -2.46. The number of hydrogen-bond donors (Lipinski definition) is 1. The van der Waals surface area contributed by atoms with Gasteiger partial charge in [0.1, 0.15) is 0 Å². The second-order valence-electron chi connectivity index (χ2n) is 9.11. The van der Waals surface area contributed by atoms with Crippen molar-refractivity contribution in [2.45, 2.75) is 25.0 Å². The highest BCUT2D eigenvalue weighted by molar-refractivity contribution is 6.07. The van der Waals surface area contributed by atoms with Crippen molar-refractivity contribution in [2.75, 3.05) is 27.2 Å². The summed E-state index contributed by atoms with van der Waals surface area (Å²) < 4.78 is 0. The third-order valence-electron chi connectivity index (χ3n) is 6.98. The molecular formula is C25H28N4O2. The first kappa shape index (κ1) is 20.1. The Bertz CT molecular complexity index is 1100. The molecule has 3 heterocycles. The third kappa shape index (κ3) is 3.70. The van der Waals surface area contributed by atoms with Crippen molar-refractivity contribution >= 4 is 16.8 Å². The van der Waals surface area contributed by atoms with Crippen molar-refractivity contribution in [3.63, 3.8) is 0 Å². The molecule has 1 N–H and O–H groups in total. The summed E-state index contributed by atoms with van der Waals surface area (Å²) in [6.45, 7) is 1.46. The Morgan fingerprint density at radius 2 is 1.77 bits per heavy atom. The predicted molar refractivity (Wildman–Crippen MR) is 121 cm³/mol. The van der Waals surface area contributed by atoms with Crippen molar-refractivity contribution < 1.29 is 9.90 Å². The molecule has 2 aromatic heterocycles. The highest BCUT2D eigenvalue weighted by Crippen LogP contribution is 2.39. The Labute approximate surface area is 182 Å². The van der Waals surface area contributed by atoms with Gasteiger partial charge in [0, 0.05) is 42.5 Å². The zero-order valence-corrected chi connectivity index (χ0v) is 18.0.